The molecule has 0 saturated heterocycles. The average molecular weight is 243 g/mol. The molecule has 0 radical (unpaired) electrons. The second kappa shape index (κ2) is 6.18. The van der Waals surface area contributed by atoms with Gasteiger partial charge in [-0.3, -0.25) is 4.90 Å². The Balaban J connectivity index is 2.68. The van der Waals surface area contributed by atoms with E-state index < -0.39 is 0 Å². The van der Waals surface area contributed by atoms with Crippen LogP contribution in [0.2, 0.25) is 5.15 Å². The first-order valence-corrected chi connectivity index (χ1v) is 5.89. The Kier molecular flexibility index (Phi) is 5.19. The molecule has 1 aromatic rings. The number of aliphatic hydroxyl groups is 1. The van der Waals surface area contributed by atoms with E-state index in [0.717, 1.165) is 12.1 Å². The summed E-state index contributed by atoms with van der Waals surface area (Å²) < 4.78 is 0. The van der Waals surface area contributed by atoms with Gasteiger partial charge in [0.2, 0.25) is 0 Å². The first kappa shape index (κ1) is 13.4. The number of halogens is 1. The monoisotopic (exact) mass is 242 g/mol. The molecule has 0 aliphatic carbocycles. The van der Waals surface area contributed by atoms with Gasteiger partial charge in [0.25, 0.3) is 0 Å². The van der Waals surface area contributed by atoms with Crippen molar-refractivity contribution in [2.75, 3.05) is 6.54 Å². The number of pyridine rings is 1. The zero-order valence-electron chi connectivity index (χ0n) is 10.0. The fourth-order valence-electron chi connectivity index (χ4n) is 1.57. The van der Waals surface area contributed by atoms with Gasteiger partial charge < -0.3 is 5.11 Å². The summed E-state index contributed by atoms with van der Waals surface area (Å²) in [6.07, 6.45) is 1.39. The summed E-state index contributed by atoms with van der Waals surface area (Å²) in [6.45, 7) is 7.48. The molecule has 0 saturated carbocycles. The van der Waals surface area contributed by atoms with Crippen LogP contribution in [0.25, 0.3) is 0 Å². The predicted octanol–water partition coefficient (Wildman–Crippen LogP) is 2.33. The Labute approximate surface area is 102 Å². The van der Waals surface area contributed by atoms with Gasteiger partial charge in [-0.1, -0.05) is 11.6 Å². The largest absolute Gasteiger partial charge is 0.392 e. The van der Waals surface area contributed by atoms with Crippen LogP contribution >= 0.6 is 11.6 Å². The molecule has 0 aliphatic heterocycles. The lowest BCUT2D eigenvalue weighted by atomic mass is 10.2. The summed E-state index contributed by atoms with van der Waals surface area (Å²) in [7, 11) is 0. The molecule has 4 heteroatoms. The van der Waals surface area contributed by atoms with Crippen LogP contribution in [0.3, 0.4) is 0 Å². The number of rotatable bonds is 5. The maximum Gasteiger partial charge on any atom is 0.129 e. The molecule has 0 aliphatic rings. The van der Waals surface area contributed by atoms with Crippen LogP contribution in [0.1, 0.15) is 26.3 Å². The molecule has 16 heavy (non-hydrogen) atoms. The molecule has 3 nitrogen and oxygen atoms in total. The lowest BCUT2D eigenvalue weighted by Gasteiger charge is -2.27. The van der Waals surface area contributed by atoms with Crippen LogP contribution in [0.15, 0.2) is 18.3 Å². The van der Waals surface area contributed by atoms with Crippen molar-refractivity contribution in [3.8, 4) is 0 Å². The molecule has 90 valence electrons. The zero-order chi connectivity index (χ0) is 12.1. The summed E-state index contributed by atoms with van der Waals surface area (Å²) in [4.78, 5) is 6.16. The van der Waals surface area contributed by atoms with E-state index in [0.29, 0.717) is 17.7 Å². The quantitative estimate of drug-likeness (QED) is 0.806. The lowest BCUT2D eigenvalue weighted by Crippen LogP contribution is -2.36. The van der Waals surface area contributed by atoms with Crippen molar-refractivity contribution in [2.45, 2.75) is 39.5 Å². The summed E-state index contributed by atoms with van der Waals surface area (Å²) in [5, 5.41) is 9.94. The van der Waals surface area contributed by atoms with E-state index in [-0.39, 0.29) is 6.10 Å². The van der Waals surface area contributed by atoms with E-state index in [2.05, 4.69) is 23.7 Å². The SMILES string of the molecule is CC(O)CN(Cc1ccnc(Cl)c1)C(C)C. The van der Waals surface area contributed by atoms with E-state index in [4.69, 9.17) is 11.6 Å². The standard InChI is InChI=1S/C12H19ClN2O/c1-9(2)15(7-10(3)16)8-11-4-5-14-12(13)6-11/h4-6,9-10,16H,7-8H2,1-3H3. The van der Waals surface area contributed by atoms with E-state index >= 15 is 0 Å². The maximum absolute atomic E-state index is 9.42. The molecule has 1 atom stereocenters. The first-order valence-electron chi connectivity index (χ1n) is 5.51. The van der Waals surface area contributed by atoms with Gasteiger partial charge in [-0.15, -0.1) is 0 Å². The van der Waals surface area contributed by atoms with E-state index in [1.807, 2.05) is 12.1 Å². The molecule has 1 rings (SSSR count). The van der Waals surface area contributed by atoms with Gasteiger partial charge >= 0.3 is 0 Å². The molecule has 0 spiro atoms. The minimum atomic E-state index is -0.320. The Bertz CT molecular complexity index is 329. The number of hydrogen-bond donors (Lipinski definition) is 1. The second-order valence-corrected chi connectivity index (χ2v) is 4.75. The minimum absolute atomic E-state index is 0.320. The number of hydrogen-bond acceptors (Lipinski definition) is 3. The topological polar surface area (TPSA) is 36.4 Å². The van der Waals surface area contributed by atoms with Crippen LogP contribution in [-0.2, 0) is 6.54 Å². The van der Waals surface area contributed by atoms with Crippen molar-refractivity contribution in [2.24, 2.45) is 0 Å². The van der Waals surface area contributed by atoms with Crippen molar-refractivity contribution in [1.82, 2.24) is 9.88 Å². The highest BCUT2D eigenvalue weighted by Crippen LogP contribution is 2.12. The highest BCUT2D eigenvalue weighted by atomic mass is 35.5. The highest BCUT2D eigenvalue weighted by molar-refractivity contribution is 6.29. The van der Waals surface area contributed by atoms with Crippen molar-refractivity contribution >= 4 is 11.6 Å². The summed E-state index contributed by atoms with van der Waals surface area (Å²) in [5.74, 6) is 0. The Morgan fingerprint density at radius 2 is 2.12 bits per heavy atom. The van der Waals surface area contributed by atoms with E-state index in [1.165, 1.54) is 0 Å². The van der Waals surface area contributed by atoms with Gasteiger partial charge in [0, 0.05) is 25.3 Å². The summed E-state index contributed by atoms with van der Waals surface area (Å²) >= 11 is 5.83. The molecular formula is C12H19ClN2O. The molecule has 1 N–H and O–H groups in total. The third-order valence-electron chi connectivity index (χ3n) is 2.41. The molecule has 0 fully saturated rings. The van der Waals surface area contributed by atoms with Crippen LogP contribution in [0, 0.1) is 0 Å². The summed E-state index contributed by atoms with van der Waals surface area (Å²) in [6, 6.07) is 4.20. The average Bonchev–Trinajstić information content (AvgIpc) is 2.15. The fraction of sp³-hybridized carbons (Fsp3) is 0.583. The summed E-state index contributed by atoms with van der Waals surface area (Å²) in [5.41, 5.74) is 1.12. The van der Waals surface area contributed by atoms with Gasteiger partial charge in [-0.05, 0) is 38.5 Å². The van der Waals surface area contributed by atoms with Crippen LogP contribution in [-0.4, -0.2) is 33.7 Å². The molecule has 0 amide bonds. The van der Waals surface area contributed by atoms with E-state index in [9.17, 15) is 5.11 Å². The molecule has 1 aromatic heterocycles. The Morgan fingerprint density at radius 1 is 1.44 bits per heavy atom. The normalized spacial score (nSPS) is 13.4. The van der Waals surface area contributed by atoms with Crippen LogP contribution in [0.5, 0.6) is 0 Å². The predicted molar refractivity (Wildman–Crippen MR) is 66.5 cm³/mol. The smallest absolute Gasteiger partial charge is 0.129 e. The van der Waals surface area contributed by atoms with Crippen molar-refractivity contribution in [3.05, 3.63) is 29.0 Å². The molecule has 0 aromatic carbocycles. The van der Waals surface area contributed by atoms with Crippen molar-refractivity contribution < 1.29 is 5.11 Å². The zero-order valence-corrected chi connectivity index (χ0v) is 10.8. The van der Waals surface area contributed by atoms with Crippen molar-refractivity contribution in [3.63, 3.8) is 0 Å². The van der Waals surface area contributed by atoms with Crippen molar-refractivity contribution in [1.29, 1.82) is 0 Å². The maximum atomic E-state index is 9.42. The van der Waals surface area contributed by atoms with Crippen LogP contribution < -0.4 is 0 Å². The Hall–Kier alpha value is -0.640. The molecule has 0 bridgehead atoms. The second-order valence-electron chi connectivity index (χ2n) is 4.36. The highest BCUT2D eigenvalue weighted by Gasteiger charge is 2.12. The third kappa shape index (κ3) is 4.47. The van der Waals surface area contributed by atoms with E-state index in [1.54, 1.807) is 13.1 Å². The number of nitrogens with zero attached hydrogens (tertiary/aromatic N) is 2. The number of aromatic nitrogens is 1. The van der Waals surface area contributed by atoms with Crippen LogP contribution in [0.4, 0.5) is 0 Å². The Morgan fingerprint density at radius 3 is 2.62 bits per heavy atom. The third-order valence-corrected chi connectivity index (χ3v) is 2.61. The first-order chi connectivity index (χ1) is 7.49. The van der Waals surface area contributed by atoms with Gasteiger partial charge in [0.05, 0.1) is 6.10 Å². The van der Waals surface area contributed by atoms with Gasteiger partial charge in [-0.2, -0.15) is 0 Å². The number of aliphatic hydroxyl groups excluding tert-OH is 1. The minimum Gasteiger partial charge on any atom is -0.392 e. The van der Waals surface area contributed by atoms with Gasteiger partial charge in [0.1, 0.15) is 5.15 Å². The van der Waals surface area contributed by atoms with Gasteiger partial charge in [-0.25, -0.2) is 4.98 Å². The lowest BCUT2D eigenvalue weighted by molar-refractivity contribution is 0.103. The van der Waals surface area contributed by atoms with Gasteiger partial charge in [0.15, 0.2) is 0 Å². The molecular weight excluding hydrogens is 224 g/mol. The fourth-order valence-corrected chi connectivity index (χ4v) is 1.77. The molecule has 1 heterocycles. The molecule has 1 unspecified atom stereocenters.